The van der Waals surface area contributed by atoms with Gasteiger partial charge in [-0.15, -0.1) is 0 Å². The molecule has 2 saturated heterocycles. The van der Waals surface area contributed by atoms with Crippen LogP contribution in [0.4, 0.5) is 0 Å². The number of hydrogen-bond acceptors (Lipinski definition) is 5. The van der Waals surface area contributed by atoms with E-state index in [2.05, 4.69) is 29.4 Å². The summed E-state index contributed by atoms with van der Waals surface area (Å²) in [7, 11) is 2.06. The topological polar surface area (TPSA) is 76.0 Å². The van der Waals surface area contributed by atoms with E-state index in [0.29, 0.717) is 38.9 Å². The maximum atomic E-state index is 12.9. The van der Waals surface area contributed by atoms with Crippen LogP contribution in [-0.4, -0.2) is 83.4 Å². The molecule has 2 heterocycles. The van der Waals surface area contributed by atoms with Gasteiger partial charge >= 0.3 is 0 Å². The van der Waals surface area contributed by atoms with Gasteiger partial charge < -0.3 is 25.3 Å². The molecule has 0 saturated carbocycles. The van der Waals surface area contributed by atoms with Gasteiger partial charge in [0.15, 0.2) is 5.60 Å². The Labute approximate surface area is 168 Å². The highest BCUT2D eigenvalue weighted by Crippen LogP contribution is 2.24. The summed E-state index contributed by atoms with van der Waals surface area (Å²) in [6, 6.07) is 10.3. The zero-order valence-corrected chi connectivity index (χ0v) is 17.1. The molecule has 2 aliphatic heterocycles. The number of amides is 1. The summed E-state index contributed by atoms with van der Waals surface area (Å²) in [5, 5.41) is 24.8. The molecular weight excluding hydrogens is 354 g/mol. The zero-order valence-electron chi connectivity index (χ0n) is 17.1. The van der Waals surface area contributed by atoms with E-state index in [4.69, 9.17) is 0 Å². The van der Waals surface area contributed by atoms with E-state index < -0.39 is 11.2 Å². The summed E-state index contributed by atoms with van der Waals surface area (Å²) in [6.45, 7) is 3.76. The number of aryl methyl sites for hydroxylation is 1. The third kappa shape index (κ3) is 5.54. The van der Waals surface area contributed by atoms with E-state index in [9.17, 15) is 15.0 Å². The summed E-state index contributed by atoms with van der Waals surface area (Å²) >= 11 is 0. The highest BCUT2D eigenvalue weighted by molar-refractivity contribution is 5.86. The standard InChI is InChI=1S/C22H35N3O3/c1-24-15-11-21(27,12-16-24)17-23-18-22(28)10-6-14-25(20(22)26)13-5-9-19-7-3-2-4-8-19/h2-4,7-8,23,27-28H,5-6,9-18H2,1H3. The van der Waals surface area contributed by atoms with Crippen LogP contribution in [0.2, 0.25) is 0 Å². The zero-order chi connectivity index (χ0) is 20.0. The molecule has 28 heavy (non-hydrogen) atoms. The second kappa shape index (κ2) is 9.35. The molecule has 6 nitrogen and oxygen atoms in total. The van der Waals surface area contributed by atoms with Gasteiger partial charge in [0.25, 0.3) is 5.91 Å². The van der Waals surface area contributed by atoms with Crippen LogP contribution < -0.4 is 5.32 Å². The van der Waals surface area contributed by atoms with E-state index in [1.807, 2.05) is 18.2 Å². The molecule has 1 aromatic carbocycles. The lowest BCUT2D eigenvalue weighted by Gasteiger charge is -2.40. The number of nitrogens with zero attached hydrogens (tertiary/aromatic N) is 2. The quantitative estimate of drug-likeness (QED) is 0.619. The lowest BCUT2D eigenvalue weighted by molar-refractivity contribution is -0.157. The first-order valence-electron chi connectivity index (χ1n) is 10.6. The van der Waals surface area contributed by atoms with E-state index in [-0.39, 0.29) is 12.5 Å². The normalized spacial score (nSPS) is 25.8. The van der Waals surface area contributed by atoms with Crippen LogP contribution in [0, 0.1) is 0 Å². The van der Waals surface area contributed by atoms with Crippen molar-refractivity contribution >= 4 is 5.91 Å². The largest absolute Gasteiger partial charge is 0.388 e. The van der Waals surface area contributed by atoms with Crippen molar-refractivity contribution in [3.63, 3.8) is 0 Å². The molecule has 0 bridgehead atoms. The Bertz CT molecular complexity index is 631. The van der Waals surface area contributed by atoms with Crippen molar-refractivity contribution in [2.75, 3.05) is 46.3 Å². The number of carbonyl (C=O) groups excluding carboxylic acids is 1. The van der Waals surface area contributed by atoms with Gasteiger partial charge in [-0.3, -0.25) is 4.79 Å². The number of benzene rings is 1. The molecule has 1 atom stereocenters. The molecule has 0 spiro atoms. The van der Waals surface area contributed by atoms with Crippen LogP contribution in [0.3, 0.4) is 0 Å². The first kappa shape index (κ1) is 21.2. The number of carbonyl (C=O) groups is 1. The van der Waals surface area contributed by atoms with Gasteiger partial charge in [-0.2, -0.15) is 0 Å². The van der Waals surface area contributed by atoms with Gasteiger partial charge in [-0.05, 0) is 51.1 Å². The fourth-order valence-electron chi connectivity index (χ4n) is 4.27. The van der Waals surface area contributed by atoms with Crippen molar-refractivity contribution in [2.24, 2.45) is 0 Å². The maximum absolute atomic E-state index is 12.9. The van der Waals surface area contributed by atoms with Gasteiger partial charge in [0, 0.05) is 39.3 Å². The molecule has 2 fully saturated rings. The number of likely N-dealkylation sites (tertiary alicyclic amines) is 2. The Morgan fingerprint density at radius 2 is 1.75 bits per heavy atom. The summed E-state index contributed by atoms with van der Waals surface area (Å²) in [6.07, 6.45) is 4.55. The van der Waals surface area contributed by atoms with Crippen LogP contribution in [0.15, 0.2) is 30.3 Å². The monoisotopic (exact) mass is 389 g/mol. The van der Waals surface area contributed by atoms with E-state index >= 15 is 0 Å². The molecule has 0 aliphatic carbocycles. The molecular formula is C22H35N3O3. The fourth-order valence-corrected chi connectivity index (χ4v) is 4.27. The predicted octanol–water partition coefficient (Wildman–Crippen LogP) is 1.02. The summed E-state index contributed by atoms with van der Waals surface area (Å²) < 4.78 is 0. The van der Waals surface area contributed by atoms with Crippen molar-refractivity contribution in [1.82, 2.24) is 15.1 Å². The number of nitrogens with one attached hydrogen (secondary N) is 1. The predicted molar refractivity (Wildman–Crippen MR) is 110 cm³/mol. The number of rotatable bonds is 8. The SMILES string of the molecule is CN1CCC(O)(CNCC2(O)CCCN(CCCc3ccccc3)C2=O)CC1. The van der Waals surface area contributed by atoms with Crippen LogP contribution in [0.25, 0.3) is 0 Å². The Balaban J connectivity index is 1.45. The lowest BCUT2D eigenvalue weighted by atomic mass is 9.89. The van der Waals surface area contributed by atoms with E-state index in [0.717, 1.165) is 32.4 Å². The third-order valence-electron chi connectivity index (χ3n) is 6.23. The second-order valence-electron chi connectivity index (χ2n) is 8.65. The van der Waals surface area contributed by atoms with Crippen LogP contribution in [0.1, 0.15) is 37.7 Å². The van der Waals surface area contributed by atoms with Crippen LogP contribution >= 0.6 is 0 Å². The van der Waals surface area contributed by atoms with Gasteiger partial charge in [0.1, 0.15) is 0 Å². The van der Waals surface area contributed by atoms with Crippen molar-refractivity contribution in [2.45, 2.75) is 49.7 Å². The minimum Gasteiger partial charge on any atom is -0.388 e. The summed E-state index contributed by atoms with van der Waals surface area (Å²) in [5.41, 5.74) is -0.821. The molecule has 3 N–H and O–H groups in total. The highest BCUT2D eigenvalue weighted by Gasteiger charge is 2.42. The minimum absolute atomic E-state index is 0.172. The van der Waals surface area contributed by atoms with Gasteiger partial charge in [0.2, 0.25) is 0 Å². The van der Waals surface area contributed by atoms with Gasteiger partial charge in [-0.25, -0.2) is 0 Å². The molecule has 0 aromatic heterocycles. The Morgan fingerprint density at radius 3 is 2.46 bits per heavy atom. The van der Waals surface area contributed by atoms with Crippen molar-refractivity contribution < 1.29 is 15.0 Å². The first-order chi connectivity index (χ1) is 13.4. The number of hydrogen-bond donors (Lipinski definition) is 3. The number of aliphatic hydroxyl groups is 2. The van der Waals surface area contributed by atoms with Crippen LogP contribution in [0.5, 0.6) is 0 Å². The smallest absolute Gasteiger partial charge is 0.255 e. The average molecular weight is 390 g/mol. The highest BCUT2D eigenvalue weighted by atomic mass is 16.3. The van der Waals surface area contributed by atoms with Crippen molar-refractivity contribution in [1.29, 1.82) is 0 Å². The fraction of sp³-hybridized carbons (Fsp3) is 0.682. The lowest BCUT2D eigenvalue weighted by Crippen LogP contribution is -2.59. The maximum Gasteiger partial charge on any atom is 0.255 e. The molecule has 3 rings (SSSR count). The summed E-state index contributed by atoms with van der Waals surface area (Å²) in [5.74, 6) is -0.172. The molecule has 1 aromatic rings. The van der Waals surface area contributed by atoms with Crippen molar-refractivity contribution in [3.05, 3.63) is 35.9 Å². The summed E-state index contributed by atoms with van der Waals surface area (Å²) in [4.78, 5) is 16.9. The van der Waals surface area contributed by atoms with Crippen LogP contribution in [-0.2, 0) is 11.2 Å². The van der Waals surface area contributed by atoms with Gasteiger partial charge in [0.05, 0.1) is 5.60 Å². The average Bonchev–Trinajstić information content (AvgIpc) is 2.69. The Morgan fingerprint density at radius 1 is 1.04 bits per heavy atom. The first-order valence-corrected chi connectivity index (χ1v) is 10.6. The van der Waals surface area contributed by atoms with E-state index in [1.165, 1.54) is 5.56 Å². The number of piperidine rings is 2. The molecule has 1 amide bonds. The Kier molecular flexibility index (Phi) is 7.10. The molecule has 156 valence electrons. The molecule has 1 unspecified atom stereocenters. The molecule has 2 aliphatic rings. The van der Waals surface area contributed by atoms with Crippen molar-refractivity contribution in [3.8, 4) is 0 Å². The molecule has 0 radical (unpaired) electrons. The minimum atomic E-state index is -1.35. The second-order valence-corrected chi connectivity index (χ2v) is 8.65. The van der Waals surface area contributed by atoms with E-state index in [1.54, 1.807) is 4.90 Å². The molecule has 6 heteroatoms. The third-order valence-corrected chi connectivity index (χ3v) is 6.23. The Hall–Kier alpha value is -1.47. The van der Waals surface area contributed by atoms with Gasteiger partial charge in [-0.1, -0.05) is 30.3 Å².